The van der Waals surface area contributed by atoms with E-state index in [-0.39, 0.29) is 17.4 Å². The highest BCUT2D eigenvalue weighted by molar-refractivity contribution is 6.29. The zero-order chi connectivity index (χ0) is 11.3. The fourth-order valence-electron chi connectivity index (χ4n) is 0.941. The van der Waals surface area contributed by atoms with Gasteiger partial charge >= 0.3 is 0 Å². The van der Waals surface area contributed by atoms with E-state index in [4.69, 9.17) is 11.6 Å². The predicted molar refractivity (Wildman–Crippen MR) is 57.9 cm³/mol. The lowest BCUT2D eigenvalue weighted by Crippen LogP contribution is -1.91. The van der Waals surface area contributed by atoms with E-state index >= 15 is 0 Å². The standard InChI is InChI=1S/C10H8ClNO3/c11-7-10(13)6-3-8-1-4-9(5-2-8)12(14)15/h1-6H,7H2/b6-3-. The number of rotatable bonds is 4. The molecule has 1 aromatic rings. The quantitative estimate of drug-likeness (QED) is 0.342. The smallest absolute Gasteiger partial charge is 0.269 e. The van der Waals surface area contributed by atoms with Gasteiger partial charge in [0.15, 0.2) is 5.78 Å². The van der Waals surface area contributed by atoms with Crippen molar-refractivity contribution in [1.29, 1.82) is 0 Å². The normalized spacial score (nSPS) is 10.5. The molecule has 0 atom stereocenters. The predicted octanol–water partition coefficient (Wildman–Crippen LogP) is 2.42. The van der Waals surface area contributed by atoms with Crippen molar-refractivity contribution in [2.45, 2.75) is 0 Å². The monoisotopic (exact) mass is 225 g/mol. The second kappa shape index (κ2) is 5.26. The first-order chi connectivity index (χ1) is 7.13. The van der Waals surface area contributed by atoms with Crippen LogP contribution in [0.3, 0.4) is 0 Å². The van der Waals surface area contributed by atoms with Crippen LogP contribution in [0.2, 0.25) is 0 Å². The summed E-state index contributed by atoms with van der Waals surface area (Å²) in [6.45, 7) is 0. The Kier molecular flexibility index (Phi) is 4.00. The van der Waals surface area contributed by atoms with Gasteiger partial charge in [0.05, 0.1) is 10.8 Å². The van der Waals surface area contributed by atoms with Crippen LogP contribution in [0, 0.1) is 10.1 Å². The Labute approximate surface area is 91.3 Å². The number of nitro benzene ring substituents is 1. The summed E-state index contributed by atoms with van der Waals surface area (Å²) in [6, 6.07) is 5.89. The van der Waals surface area contributed by atoms with Crippen LogP contribution < -0.4 is 0 Å². The zero-order valence-corrected chi connectivity index (χ0v) is 8.48. The lowest BCUT2D eigenvalue weighted by atomic mass is 10.2. The van der Waals surface area contributed by atoms with Gasteiger partial charge in [-0.2, -0.15) is 0 Å². The van der Waals surface area contributed by atoms with Crippen molar-refractivity contribution in [3.63, 3.8) is 0 Å². The molecule has 0 fully saturated rings. The van der Waals surface area contributed by atoms with E-state index in [9.17, 15) is 14.9 Å². The number of non-ortho nitro benzene ring substituents is 1. The summed E-state index contributed by atoms with van der Waals surface area (Å²) in [5, 5.41) is 10.3. The molecule has 15 heavy (non-hydrogen) atoms. The van der Waals surface area contributed by atoms with Gasteiger partial charge in [-0.05, 0) is 23.8 Å². The molecular weight excluding hydrogens is 218 g/mol. The Morgan fingerprint density at radius 1 is 1.40 bits per heavy atom. The summed E-state index contributed by atoms with van der Waals surface area (Å²) in [4.78, 5) is 20.7. The molecular formula is C10H8ClNO3. The number of carbonyl (C=O) groups is 1. The lowest BCUT2D eigenvalue weighted by Gasteiger charge is -1.92. The number of allylic oxidation sites excluding steroid dienone is 1. The van der Waals surface area contributed by atoms with E-state index in [1.54, 1.807) is 18.2 Å². The fraction of sp³-hybridized carbons (Fsp3) is 0.100. The molecule has 1 aromatic carbocycles. The summed E-state index contributed by atoms with van der Waals surface area (Å²) in [5.74, 6) is -0.265. The van der Waals surface area contributed by atoms with E-state index in [2.05, 4.69) is 0 Å². The molecule has 0 radical (unpaired) electrons. The summed E-state index contributed by atoms with van der Waals surface area (Å²) in [7, 11) is 0. The Morgan fingerprint density at radius 2 is 2.00 bits per heavy atom. The van der Waals surface area contributed by atoms with E-state index in [1.807, 2.05) is 0 Å². The molecule has 0 saturated heterocycles. The highest BCUT2D eigenvalue weighted by Gasteiger charge is 2.02. The van der Waals surface area contributed by atoms with E-state index in [0.29, 0.717) is 0 Å². The van der Waals surface area contributed by atoms with Gasteiger partial charge in [0, 0.05) is 12.1 Å². The van der Waals surface area contributed by atoms with Gasteiger partial charge in [-0.1, -0.05) is 6.08 Å². The van der Waals surface area contributed by atoms with Gasteiger partial charge in [0.1, 0.15) is 0 Å². The number of nitro groups is 1. The minimum absolute atomic E-state index is 0.0239. The topological polar surface area (TPSA) is 60.2 Å². The van der Waals surface area contributed by atoms with Crippen LogP contribution in [0.1, 0.15) is 5.56 Å². The van der Waals surface area contributed by atoms with Gasteiger partial charge in [-0.3, -0.25) is 14.9 Å². The van der Waals surface area contributed by atoms with E-state index in [1.165, 1.54) is 18.2 Å². The van der Waals surface area contributed by atoms with Gasteiger partial charge in [0.2, 0.25) is 0 Å². The molecule has 1 rings (SSSR count). The molecule has 4 nitrogen and oxygen atoms in total. The van der Waals surface area contributed by atoms with E-state index in [0.717, 1.165) is 5.56 Å². The van der Waals surface area contributed by atoms with Gasteiger partial charge in [-0.15, -0.1) is 11.6 Å². The van der Waals surface area contributed by atoms with Crippen LogP contribution in [0.25, 0.3) is 6.08 Å². The lowest BCUT2D eigenvalue weighted by molar-refractivity contribution is -0.384. The molecule has 78 valence electrons. The van der Waals surface area contributed by atoms with Crippen LogP contribution in [0.5, 0.6) is 0 Å². The summed E-state index contributed by atoms with van der Waals surface area (Å²) in [6.07, 6.45) is 2.91. The molecule has 0 heterocycles. The molecule has 0 aliphatic heterocycles. The van der Waals surface area contributed by atoms with Crippen LogP contribution in [-0.2, 0) is 4.79 Å². The second-order valence-electron chi connectivity index (χ2n) is 2.78. The Bertz CT molecular complexity index is 398. The molecule has 0 aromatic heterocycles. The Morgan fingerprint density at radius 3 is 2.47 bits per heavy atom. The first kappa shape index (κ1) is 11.4. The molecule has 0 spiro atoms. The van der Waals surface area contributed by atoms with E-state index < -0.39 is 4.92 Å². The third kappa shape index (κ3) is 3.52. The van der Waals surface area contributed by atoms with Crippen LogP contribution in [-0.4, -0.2) is 16.6 Å². The molecule has 0 amide bonds. The number of halogens is 1. The number of alkyl halides is 1. The first-order valence-electron chi connectivity index (χ1n) is 4.15. The second-order valence-corrected chi connectivity index (χ2v) is 3.05. The summed E-state index contributed by atoms with van der Waals surface area (Å²) in [5.41, 5.74) is 0.745. The third-order valence-electron chi connectivity index (χ3n) is 1.70. The number of hydrogen-bond donors (Lipinski definition) is 0. The number of ketones is 1. The number of nitrogens with zero attached hydrogens (tertiary/aromatic N) is 1. The Balaban J connectivity index is 2.77. The van der Waals surface area contributed by atoms with Crippen LogP contribution in [0.4, 0.5) is 5.69 Å². The van der Waals surface area contributed by atoms with Crippen LogP contribution >= 0.6 is 11.6 Å². The number of hydrogen-bond acceptors (Lipinski definition) is 3. The van der Waals surface area contributed by atoms with Crippen molar-refractivity contribution in [2.75, 3.05) is 5.88 Å². The summed E-state index contributed by atoms with van der Waals surface area (Å²) < 4.78 is 0. The van der Waals surface area contributed by atoms with Gasteiger partial charge in [0.25, 0.3) is 5.69 Å². The van der Waals surface area contributed by atoms with Gasteiger partial charge in [-0.25, -0.2) is 0 Å². The first-order valence-corrected chi connectivity index (χ1v) is 4.68. The average Bonchev–Trinajstić information content (AvgIpc) is 2.26. The van der Waals surface area contributed by atoms with Gasteiger partial charge < -0.3 is 0 Å². The molecule has 0 bridgehead atoms. The number of carbonyl (C=O) groups excluding carboxylic acids is 1. The van der Waals surface area contributed by atoms with Crippen molar-refractivity contribution in [3.05, 3.63) is 46.0 Å². The molecule has 5 heteroatoms. The summed E-state index contributed by atoms with van der Waals surface area (Å²) >= 11 is 5.29. The van der Waals surface area contributed by atoms with Crippen molar-refractivity contribution in [3.8, 4) is 0 Å². The largest absolute Gasteiger partial charge is 0.294 e. The zero-order valence-electron chi connectivity index (χ0n) is 7.72. The average molecular weight is 226 g/mol. The SMILES string of the molecule is O=C(/C=C\c1ccc([N+](=O)[O-])cc1)CCl. The molecule has 0 N–H and O–H groups in total. The highest BCUT2D eigenvalue weighted by Crippen LogP contribution is 2.12. The maximum absolute atomic E-state index is 10.8. The van der Waals surface area contributed by atoms with Crippen molar-refractivity contribution < 1.29 is 9.72 Å². The van der Waals surface area contributed by atoms with Crippen LogP contribution in [0.15, 0.2) is 30.3 Å². The maximum atomic E-state index is 10.8. The van der Waals surface area contributed by atoms with Crippen molar-refractivity contribution >= 4 is 29.1 Å². The minimum atomic E-state index is -0.475. The number of benzene rings is 1. The third-order valence-corrected chi connectivity index (χ3v) is 1.96. The van der Waals surface area contributed by atoms with Crippen molar-refractivity contribution in [1.82, 2.24) is 0 Å². The Hall–Kier alpha value is -1.68. The fourth-order valence-corrected chi connectivity index (χ4v) is 1.03. The molecule has 0 aliphatic rings. The molecule has 0 saturated carbocycles. The maximum Gasteiger partial charge on any atom is 0.269 e. The molecule has 0 unspecified atom stereocenters. The molecule has 0 aliphatic carbocycles. The minimum Gasteiger partial charge on any atom is -0.294 e. The highest BCUT2D eigenvalue weighted by atomic mass is 35.5. The van der Waals surface area contributed by atoms with Crippen molar-refractivity contribution in [2.24, 2.45) is 0 Å².